The van der Waals surface area contributed by atoms with E-state index in [1.54, 1.807) is 0 Å². The summed E-state index contributed by atoms with van der Waals surface area (Å²) in [5.74, 6) is 1.000. The number of rotatable bonds is 2. The zero-order chi connectivity index (χ0) is 16.6. The molecular weight excluding hydrogens is 280 g/mol. The summed E-state index contributed by atoms with van der Waals surface area (Å²) in [6, 6.07) is 15.0. The molecule has 0 fully saturated rings. The average Bonchev–Trinajstić information content (AvgIpc) is 2.48. The molecule has 0 bridgehead atoms. The first kappa shape index (κ1) is 15.4. The second-order valence-corrected chi connectivity index (χ2v) is 6.34. The van der Waals surface area contributed by atoms with Crippen LogP contribution in [0.15, 0.2) is 48.7 Å². The van der Waals surface area contributed by atoms with Gasteiger partial charge in [-0.05, 0) is 55.4 Å². The molecule has 2 heteroatoms. The van der Waals surface area contributed by atoms with Crippen molar-refractivity contribution in [2.24, 2.45) is 7.05 Å². The minimum absolute atomic E-state index is 1.000. The molecule has 0 radical (unpaired) electrons. The molecule has 3 rings (SSSR count). The maximum absolute atomic E-state index is 4.99. The monoisotopic (exact) mass is 303 g/mol. The normalized spacial score (nSPS) is 10.8. The molecule has 0 aliphatic heterocycles. The molecular formula is C21H23N2+. The summed E-state index contributed by atoms with van der Waals surface area (Å²) in [6.45, 7) is 8.60. The second-order valence-electron chi connectivity index (χ2n) is 6.34. The van der Waals surface area contributed by atoms with Crippen LogP contribution in [0.5, 0.6) is 0 Å². The Kier molecular flexibility index (Phi) is 3.99. The quantitative estimate of drug-likeness (QED) is 0.638. The Hall–Kier alpha value is -2.48. The fraction of sp³-hybridized carbons (Fsp3) is 0.238. The summed E-state index contributed by atoms with van der Waals surface area (Å²) in [4.78, 5) is 4.99. The van der Waals surface area contributed by atoms with Crippen molar-refractivity contribution in [1.82, 2.24) is 4.98 Å². The fourth-order valence-corrected chi connectivity index (χ4v) is 3.28. The van der Waals surface area contributed by atoms with Crippen molar-refractivity contribution in [1.29, 1.82) is 0 Å². The topological polar surface area (TPSA) is 16.8 Å². The van der Waals surface area contributed by atoms with E-state index >= 15 is 0 Å². The number of aromatic nitrogens is 2. The smallest absolute Gasteiger partial charge is 0.233 e. The van der Waals surface area contributed by atoms with Crippen LogP contribution in [-0.4, -0.2) is 4.98 Å². The van der Waals surface area contributed by atoms with Gasteiger partial charge in [0.25, 0.3) is 0 Å². The van der Waals surface area contributed by atoms with Gasteiger partial charge in [-0.1, -0.05) is 35.9 Å². The van der Waals surface area contributed by atoms with Gasteiger partial charge < -0.3 is 0 Å². The molecule has 0 aliphatic carbocycles. The summed E-state index contributed by atoms with van der Waals surface area (Å²) in [7, 11) is 2.05. The lowest BCUT2D eigenvalue weighted by Crippen LogP contribution is -2.32. The molecule has 2 aromatic carbocycles. The molecule has 0 N–H and O–H groups in total. The Morgan fingerprint density at radius 1 is 0.826 bits per heavy atom. The van der Waals surface area contributed by atoms with Crippen molar-refractivity contribution in [2.75, 3.05) is 0 Å². The lowest BCUT2D eigenvalue weighted by Gasteiger charge is -2.09. The standard InChI is InChI=1S/C21H23N2/c1-14-12-16(3)20(17(4)13-14)19-10-11-23(5)21(22-19)18-9-7-6-8-15(18)2/h6-13H,1-5H3/q+1. The first-order chi connectivity index (χ1) is 11.0. The molecule has 0 aliphatic rings. The van der Waals surface area contributed by atoms with E-state index in [0.717, 1.165) is 11.5 Å². The van der Waals surface area contributed by atoms with Crippen molar-refractivity contribution in [2.45, 2.75) is 27.7 Å². The summed E-state index contributed by atoms with van der Waals surface area (Å²) < 4.78 is 2.09. The van der Waals surface area contributed by atoms with Gasteiger partial charge >= 0.3 is 5.82 Å². The largest absolute Gasteiger partial charge is 0.330 e. The van der Waals surface area contributed by atoms with Crippen LogP contribution in [-0.2, 0) is 7.05 Å². The van der Waals surface area contributed by atoms with Crippen LogP contribution < -0.4 is 4.57 Å². The highest BCUT2D eigenvalue weighted by molar-refractivity contribution is 5.69. The molecule has 1 aromatic heterocycles. The maximum Gasteiger partial charge on any atom is 0.330 e. The van der Waals surface area contributed by atoms with Gasteiger partial charge in [0.2, 0.25) is 0 Å². The molecule has 0 saturated heterocycles. The third-order valence-electron chi connectivity index (χ3n) is 4.34. The number of hydrogen-bond acceptors (Lipinski definition) is 1. The first-order valence-corrected chi connectivity index (χ1v) is 7.98. The summed E-state index contributed by atoms with van der Waals surface area (Å²) in [5.41, 5.74) is 8.55. The molecule has 3 aromatic rings. The molecule has 0 atom stereocenters. The van der Waals surface area contributed by atoms with Crippen molar-refractivity contribution in [3.63, 3.8) is 0 Å². The Labute approximate surface area is 138 Å². The predicted molar refractivity (Wildman–Crippen MR) is 95.2 cm³/mol. The van der Waals surface area contributed by atoms with E-state index in [9.17, 15) is 0 Å². The summed E-state index contributed by atoms with van der Waals surface area (Å²) >= 11 is 0. The average molecular weight is 303 g/mol. The summed E-state index contributed by atoms with van der Waals surface area (Å²) in [5, 5.41) is 0. The Morgan fingerprint density at radius 3 is 2.13 bits per heavy atom. The van der Waals surface area contributed by atoms with Gasteiger partial charge in [0, 0.05) is 11.6 Å². The molecule has 116 valence electrons. The zero-order valence-electron chi connectivity index (χ0n) is 14.5. The zero-order valence-corrected chi connectivity index (χ0v) is 14.5. The Bertz CT molecular complexity index is 856. The third-order valence-corrected chi connectivity index (χ3v) is 4.34. The van der Waals surface area contributed by atoms with Gasteiger partial charge in [-0.25, -0.2) is 4.57 Å². The van der Waals surface area contributed by atoms with Crippen LogP contribution in [0.3, 0.4) is 0 Å². The SMILES string of the molecule is Cc1cc(C)c(-c2cc[n+](C)c(-c3ccccc3C)n2)c(C)c1. The number of aryl methyl sites for hydroxylation is 5. The molecule has 0 spiro atoms. The molecule has 0 unspecified atom stereocenters. The van der Waals surface area contributed by atoms with Crippen molar-refractivity contribution >= 4 is 0 Å². The van der Waals surface area contributed by atoms with E-state index in [1.807, 2.05) is 7.05 Å². The Morgan fingerprint density at radius 2 is 1.48 bits per heavy atom. The van der Waals surface area contributed by atoms with Gasteiger partial charge in [0.05, 0.1) is 18.8 Å². The van der Waals surface area contributed by atoms with Crippen molar-refractivity contribution < 1.29 is 4.57 Å². The number of hydrogen-bond donors (Lipinski definition) is 0. The van der Waals surface area contributed by atoms with Crippen LogP contribution >= 0.6 is 0 Å². The first-order valence-electron chi connectivity index (χ1n) is 7.98. The number of benzene rings is 2. The third kappa shape index (κ3) is 2.89. The highest BCUT2D eigenvalue weighted by Gasteiger charge is 2.19. The van der Waals surface area contributed by atoms with E-state index < -0.39 is 0 Å². The van der Waals surface area contributed by atoms with Crippen LogP contribution in [0.4, 0.5) is 0 Å². The van der Waals surface area contributed by atoms with Gasteiger partial charge in [0.15, 0.2) is 5.69 Å². The van der Waals surface area contributed by atoms with E-state index in [2.05, 4.69) is 80.9 Å². The van der Waals surface area contributed by atoms with Crippen molar-refractivity contribution in [3.8, 4) is 22.6 Å². The molecule has 1 heterocycles. The van der Waals surface area contributed by atoms with E-state index in [1.165, 1.54) is 33.4 Å². The molecule has 23 heavy (non-hydrogen) atoms. The summed E-state index contributed by atoms with van der Waals surface area (Å²) in [6.07, 6.45) is 2.10. The van der Waals surface area contributed by atoms with Gasteiger partial charge in [-0.3, -0.25) is 0 Å². The van der Waals surface area contributed by atoms with Gasteiger partial charge in [-0.2, -0.15) is 0 Å². The lowest BCUT2D eigenvalue weighted by atomic mass is 9.97. The van der Waals surface area contributed by atoms with Gasteiger partial charge in [0.1, 0.15) is 0 Å². The van der Waals surface area contributed by atoms with E-state index in [0.29, 0.717) is 0 Å². The highest BCUT2D eigenvalue weighted by atomic mass is 15.0. The van der Waals surface area contributed by atoms with Crippen LogP contribution in [0.1, 0.15) is 22.3 Å². The van der Waals surface area contributed by atoms with Crippen LogP contribution in [0.2, 0.25) is 0 Å². The van der Waals surface area contributed by atoms with Crippen LogP contribution in [0, 0.1) is 27.7 Å². The fourth-order valence-electron chi connectivity index (χ4n) is 3.28. The molecule has 0 amide bonds. The van der Waals surface area contributed by atoms with Crippen molar-refractivity contribution in [3.05, 3.63) is 70.9 Å². The Balaban J connectivity index is 2.22. The molecule has 0 saturated carbocycles. The minimum atomic E-state index is 1.000. The lowest BCUT2D eigenvalue weighted by molar-refractivity contribution is -0.663. The van der Waals surface area contributed by atoms with Crippen LogP contribution in [0.25, 0.3) is 22.6 Å². The minimum Gasteiger partial charge on any atom is -0.233 e. The highest BCUT2D eigenvalue weighted by Crippen LogP contribution is 2.28. The predicted octanol–water partition coefficient (Wildman–Crippen LogP) is 4.47. The van der Waals surface area contributed by atoms with Gasteiger partial charge in [-0.15, -0.1) is 0 Å². The number of nitrogens with zero attached hydrogens (tertiary/aromatic N) is 2. The molecule has 2 nitrogen and oxygen atoms in total. The van der Waals surface area contributed by atoms with E-state index in [4.69, 9.17) is 4.98 Å². The second kappa shape index (κ2) is 5.96. The maximum atomic E-state index is 4.99. The van der Waals surface area contributed by atoms with E-state index in [-0.39, 0.29) is 0 Å².